The fourth-order valence-corrected chi connectivity index (χ4v) is 4.89. The van der Waals surface area contributed by atoms with Crippen molar-refractivity contribution in [3.63, 3.8) is 0 Å². The monoisotopic (exact) mass is 397 g/mol. The van der Waals surface area contributed by atoms with Crippen molar-refractivity contribution in [1.82, 2.24) is 10.3 Å². The molecule has 2 aromatic rings. The summed E-state index contributed by atoms with van der Waals surface area (Å²) in [5.41, 5.74) is 3.04. The lowest BCUT2D eigenvalue weighted by Gasteiger charge is -2.40. The lowest BCUT2D eigenvalue weighted by Crippen LogP contribution is -2.39. The van der Waals surface area contributed by atoms with E-state index in [4.69, 9.17) is 4.74 Å². The SMILES string of the molecule is COc1cc(N2CCC3(CCCC3)CC2)c2ncc(C(=O)N[C@H](C)CO)cc2c1. The van der Waals surface area contributed by atoms with Crippen LogP contribution >= 0.6 is 0 Å². The van der Waals surface area contributed by atoms with E-state index >= 15 is 0 Å². The smallest absolute Gasteiger partial charge is 0.253 e. The van der Waals surface area contributed by atoms with Gasteiger partial charge in [0.15, 0.2) is 0 Å². The van der Waals surface area contributed by atoms with Crippen LogP contribution in [-0.4, -0.2) is 48.8 Å². The maximum atomic E-state index is 12.4. The van der Waals surface area contributed by atoms with Crippen LogP contribution in [-0.2, 0) is 0 Å². The number of aliphatic hydroxyl groups is 1. The lowest BCUT2D eigenvalue weighted by molar-refractivity contribution is 0.0922. The zero-order valence-electron chi connectivity index (χ0n) is 17.4. The minimum atomic E-state index is -0.296. The zero-order chi connectivity index (χ0) is 20.4. The summed E-state index contributed by atoms with van der Waals surface area (Å²) in [5.74, 6) is 0.545. The van der Waals surface area contributed by atoms with E-state index in [1.54, 1.807) is 20.2 Å². The van der Waals surface area contributed by atoms with Crippen LogP contribution in [0.15, 0.2) is 24.4 Å². The van der Waals surface area contributed by atoms with Crippen LogP contribution in [0.25, 0.3) is 10.9 Å². The van der Waals surface area contributed by atoms with Crippen molar-refractivity contribution in [3.05, 3.63) is 30.0 Å². The number of nitrogens with zero attached hydrogens (tertiary/aromatic N) is 2. The Labute approximate surface area is 172 Å². The van der Waals surface area contributed by atoms with Crippen LogP contribution in [0, 0.1) is 5.41 Å². The minimum Gasteiger partial charge on any atom is -0.497 e. The van der Waals surface area contributed by atoms with E-state index in [1.807, 2.05) is 12.1 Å². The molecule has 2 N–H and O–H groups in total. The van der Waals surface area contributed by atoms with Crippen molar-refractivity contribution >= 4 is 22.5 Å². The Morgan fingerprint density at radius 3 is 2.62 bits per heavy atom. The van der Waals surface area contributed by atoms with Crippen LogP contribution in [0.5, 0.6) is 5.75 Å². The quantitative estimate of drug-likeness (QED) is 0.808. The number of aliphatic hydroxyl groups excluding tert-OH is 1. The molecule has 1 aliphatic carbocycles. The van der Waals surface area contributed by atoms with Crippen LogP contribution in [0.2, 0.25) is 0 Å². The summed E-state index contributed by atoms with van der Waals surface area (Å²) in [6.07, 6.45) is 9.62. The van der Waals surface area contributed by atoms with E-state index < -0.39 is 0 Å². The van der Waals surface area contributed by atoms with E-state index in [1.165, 1.54) is 38.5 Å². The zero-order valence-corrected chi connectivity index (χ0v) is 17.4. The molecule has 6 nitrogen and oxygen atoms in total. The summed E-state index contributed by atoms with van der Waals surface area (Å²) in [4.78, 5) is 19.5. The summed E-state index contributed by atoms with van der Waals surface area (Å²) < 4.78 is 5.54. The number of hydrogen-bond acceptors (Lipinski definition) is 5. The van der Waals surface area contributed by atoms with Gasteiger partial charge in [-0.15, -0.1) is 0 Å². The first-order chi connectivity index (χ1) is 14.0. The number of carbonyl (C=O) groups is 1. The third kappa shape index (κ3) is 4.04. The molecule has 1 aromatic heterocycles. The van der Waals surface area contributed by atoms with Gasteiger partial charge in [-0.25, -0.2) is 0 Å². The van der Waals surface area contributed by atoms with Crippen molar-refractivity contribution in [1.29, 1.82) is 0 Å². The third-order valence-corrected chi connectivity index (χ3v) is 6.71. The summed E-state index contributed by atoms with van der Waals surface area (Å²) in [5, 5.41) is 12.8. The molecular formula is C23H31N3O3. The van der Waals surface area contributed by atoms with E-state index in [9.17, 15) is 9.90 Å². The molecule has 1 aliphatic heterocycles. The van der Waals surface area contributed by atoms with Gasteiger partial charge in [-0.2, -0.15) is 0 Å². The Hall–Kier alpha value is -2.34. The van der Waals surface area contributed by atoms with E-state index in [2.05, 4.69) is 21.3 Å². The fourth-order valence-electron chi connectivity index (χ4n) is 4.89. The number of rotatable bonds is 5. The summed E-state index contributed by atoms with van der Waals surface area (Å²) in [7, 11) is 1.67. The highest BCUT2D eigenvalue weighted by Gasteiger charge is 2.37. The number of benzene rings is 1. The number of carbonyl (C=O) groups excluding carboxylic acids is 1. The van der Waals surface area contributed by atoms with Crippen molar-refractivity contribution in [3.8, 4) is 5.75 Å². The molecule has 1 aromatic carbocycles. The number of pyridine rings is 1. The number of hydrogen-bond donors (Lipinski definition) is 2. The molecule has 4 rings (SSSR count). The van der Waals surface area contributed by atoms with Crippen molar-refractivity contribution in [2.24, 2.45) is 5.41 Å². The third-order valence-electron chi connectivity index (χ3n) is 6.71. The Morgan fingerprint density at radius 2 is 1.97 bits per heavy atom. The molecule has 1 saturated heterocycles. The van der Waals surface area contributed by atoms with Gasteiger partial charge in [-0.05, 0) is 50.2 Å². The maximum absolute atomic E-state index is 12.4. The maximum Gasteiger partial charge on any atom is 0.253 e. The predicted octanol–water partition coefficient (Wildman–Crippen LogP) is 3.51. The molecule has 2 fully saturated rings. The van der Waals surface area contributed by atoms with Crippen LogP contribution in [0.3, 0.4) is 0 Å². The molecule has 1 atom stereocenters. The van der Waals surface area contributed by atoms with Gasteiger partial charge in [0.05, 0.1) is 30.5 Å². The first-order valence-corrected chi connectivity index (χ1v) is 10.7. The highest BCUT2D eigenvalue weighted by atomic mass is 16.5. The van der Waals surface area contributed by atoms with Crippen LogP contribution < -0.4 is 15.0 Å². The molecule has 156 valence electrons. The number of nitrogens with one attached hydrogen (secondary N) is 1. The number of anilines is 1. The molecule has 0 radical (unpaired) electrons. The van der Waals surface area contributed by atoms with E-state index in [-0.39, 0.29) is 18.6 Å². The molecule has 1 saturated carbocycles. The molecule has 1 amide bonds. The summed E-state index contributed by atoms with van der Waals surface area (Å²) in [6.45, 7) is 3.75. The van der Waals surface area contributed by atoms with Gasteiger partial charge in [0.1, 0.15) is 5.75 Å². The fraction of sp³-hybridized carbons (Fsp3) is 0.565. The summed E-state index contributed by atoms with van der Waals surface area (Å²) in [6, 6.07) is 5.56. The Bertz CT molecular complexity index is 882. The van der Waals surface area contributed by atoms with Gasteiger partial charge in [0, 0.05) is 36.8 Å². The Morgan fingerprint density at radius 1 is 1.24 bits per heavy atom. The van der Waals surface area contributed by atoms with Gasteiger partial charge >= 0.3 is 0 Å². The lowest BCUT2D eigenvalue weighted by atomic mass is 9.77. The highest BCUT2D eigenvalue weighted by molar-refractivity contribution is 6.00. The number of ether oxygens (including phenoxy) is 1. The first-order valence-electron chi connectivity index (χ1n) is 10.7. The Balaban J connectivity index is 1.63. The van der Waals surface area contributed by atoms with Gasteiger partial charge in [0.2, 0.25) is 0 Å². The predicted molar refractivity (Wildman–Crippen MR) is 115 cm³/mol. The minimum absolute atomic E-state index is 0.0961. The molecule has 2 heterocycles. The molecule has 2 aliphatic rings. The van der Waals surface area contributed by atoms with Crippen molar-refractivity contribution in [2.75, 3.05) is 31.7 Å². The largest absolute Gasteiger partial charge is 0.497 e. The van der Waals surface area contributed by atoms with Gasteiger partial charge in [-0.3, -0.25) is 9.78 Å². The van der Waals surface area contributed by atoms with Crippen molar-refractivity contribution < 1.29 is 14.6 Å². The van der Waals surface area contributed by atoms with E-state index in [0.29, 0.717) is 11.0 Å². The van der Waals surface area contributed by atoms with Gasteiger partial charge in [-0.1, -0.05) is 12.8 Å². The molecule has 0 unspecified atom stereocenters. The molecule has 1 spiro atoms. The average Bonchev–Trinajstić information content (AvgIpc) is 3.20. The second kappa shape index (κ2) is 8.19. The highest BCUT2D eigenvalue weighted by Crippen LogP contribution is 2.47. The number of fused-ring (bicyclic) bond motifs is 1. The number of aromatic nitrogens is 1. The second-order valence-electron chi connectivity index (χ2n) is 8.69. The number of amides is 1. The number of methoxy groups -OCH3 is 1. The molecule has 29 heavy (non-hydrogen) atoms. The molecule has 0 bridgehead atoms. The summed E-state index contributed by atoms with van der Waals surface area (Å²) >= 11 is 0. The standard InChI is InChI=1S/C23H31N3O3/c1-16(15-27)25-22(28)18-11-17-12-19(29-2)13-20(21(17)24-14-18)26-9-7-23(8-10-26)5-3-4-6-23/h11-14,16,27H,3-10,15H2,1-2H3,(H,25,28)/t16-/m1/s1. The second-order valence-corrected chi connectivity index (χ2v) is 8.69. The van der Waals surface area contributed by atoms with Crippen molar-refractivity contribution in [2.45, 2.75) is 51.5 Å². The molecule has 6 heteroatoms. The van der Waals surface area contributed by atoms with Crippen LogP contribution in [0.4, 0.5) is 5.69 Å². The molecular weight excluding hydrogens is 366 g/mol. The first kappa shape index (κ1) is 20.0. The van der Waals surface area contributed by atoms with E-state index in [0.717, 1.165) is 35.4 Å². The topological polar surface area (TPSA) is 74.7 Å². The van der Waals surface area contributed by atoms with Crippen LogP contribution in [0.1, 0.15) is 55.8 Å². The van der Waals surface area contributed by atoms with Gasteiger partial charge < -0.3 is 20.1 Å². The Kier molecular flexibility index (Phi) is 5.63. The average molecular weight is 398 g/mol. The normalized spacial score (nSPS) is 19.5. The number of piperidine rings is 1. The van der Waals surface area contributed by atoms with Gasteiger partial charge in [0.25, 0.3) is 5.91 Å².